The van der Waals surface area contributed by atoms with E-state index in [0.29, 0.717) is 12.5 Å². The first-order chi connectivity index (χ1) is 12.8. The molecule has 1 fully saturated rings. The van der Waals surface area contributed by atoms with Crippen molar-refractivity contribution in [2.75, 3.05) is 58.8 Å². The Morgan fingerprint density at radius 2 is 1.93 bits per heavy atom. The molecule has 2 amide bonds. The Labute approximate surface area is 164 Å². The van der Waals surface area contributed by atoms with Crippen molar-refractivity contribution >= 4 is 11.8 Å². The molecule has 1 saturated heterocycles. The monoisotopic (exact) mass is 376 g/mol. The highest BCUT2D eigenvalue weighted by atomic mass is 16.2. The topological polar surface area (TPSA) is 63.7 Å². The summed E-state index contributed by atoms with van der Waals surface area (Å²) in [6.07, 6.45) is 2.83. The Bertz CT molecular complexity index is 556. The Balaban J connectivity index is 1.80. The van der Waals surface area contributed by atoms with Gasteiger partial charge < -0.3 is 25.3 Å². The summed E-state index contributed by atoms with van der Waals surface area (Å²) in [6, 6.07) is 4.13. The van der Waals surface area contributed by atoms with Gasteiger partial charge in [0.2, 0.25) is 0 Å². The van der Waals surface area contributed by atoms with Gasteiger partial charge in [0, 0.05) is 51.5 Å². The summed E-state index contributed by atoms with van der Waals surface area (Å²) in [5.41, 5.74) is 1.01. The van der Waals surface area contributed by atoms with Gasteiger partial charge in [-0.05, 0) is 45.1 Å². The predicted molar refractivity (Wildman–Crippen MR) is 111 cm³/mol. The molecular formula is C20H36N6O. The molecule has 1 unspecified atom stereocenters. The summed E-state index contributed by atoms with van der Waals surface area (Å²) in [6.45, 7) is 9.82. The van der Waals surface area contributed by atoms with E-state index in [1.807, 2.05) is 32.4 Å². The van der Waals surface area contributed by atoms with Crippen LogP contribution in [0.25, 0.3) is 0 Å². The van der Waals surface area contributed by atoms with Crippen molar-refractivity contribution in [2.45, 2.75) is 32.9 Å². The number of amides is 2. The number of carbonyl (C=O) groups is 1. The van der Waals surface area contributed by atoms with Gasteiger partial charge in [-0.2, -0.15) is 0 Å². The summed E-state index contributed by atoms with van der Waals surface area (Å²) in [4.78, 5) is 23.6. The summed E-state index contributed by atoms with van der Waals surface area (Å²) in [7, 11) is 6.20. The zero-order valence-corrected chi connectivity index (χ0v) is 17.5. The molecule has 0 saturated carbocycles. The fourth-order valence-corrected chi connectivity index (χ4v) is 3.35. The summed E-state index contributed by atoms with van der Waals surface area (Å²) in [5, 5.41) is 6.04. The molecule has 1 aromatic heterocycles. The van der Waals surface area contributed by atoms with Gasteiger partial charge in [0.25, 0.3) is 0 Å². The zero-order chi connectivity index (χ0) is 19.8. The number of nitrogens with zero attached hydrogens (tertiary/aromatic N) is 4. The van der Waals surface area contributed by atoms with Gasteiger partial charge in [0.15, 0.2) is 0 Å². The van der Waals surface area contributed by atoms with Gasteiger partial charge in [0.1, 0.15) is 5.82 Å². The standard InChI is InChI=1S/C20H36N6O/c1-16(2)12-18(15-24(3)4)23-20(27)22-14-17-6-7-19(21-13-17)26-10-8-25(5)9-11-26/h6-7,13,16,18H,8-12,14-15H2,1-5H3,(H2,22,23,27). The van der Waals surface area contributed by atoms with E-state index in [1.165, 1.54) is 0 Å². The number of urea groups is 1. The highest BCUT2D eigenvalue weighted by Gasteiger charge is 2.16. The molecule has 2 heterocycles. The number of aromatic nitrogens is 1. The Morgan fingerprint density at radius 3 is 2.48 bits per heavy atom. The lowest BCUT2D eigenvalue weighted by molar-refractivity contribution is 0.228. The van der Waals surface area contributed by atoms with E-state index in [4.69, 9.17) is 0 Å². The van der Waals surface area contributed by atoms with Crippen LogP contribution in [-0.2, 0) is 6.54 Å². The number of anilines is 1. The van der Waals surface area contributed by atoms with Crippen LogP contribution in [0.4, 0.5) is 10.6 Å². The van der Waals surface area contributed by atoms with Crippen molar-refractivity contribution in [1.82, 2.24) is 25.4 Å². The molecule has 0 aromatic carbocycles. The number of hydrogen-bond donors (Lipinski definition) is 2. The van der Waals surface area contributed by atoms with E-state index in [9.17, 15) is 4.79 Å². The first-order valence-electron chi connectivity index (χ1n) is 9.91. The average Bonchev–Trinajstić information content (AvgIpc) is 2.60. The van der Waals surface area contributed by atoms with Crippen LogP contribution in [0.5, 0.6) is 0 Å². The molecular weight excluding hydrogens is 340 g/mol. The molecule has 0 aliphatic carbocycles. The van der Waals surface area contributed by atoms with Crippen LogP contribution in [0.15, 0.2) is 18.3 Å². The second-order valence-electron chi connectivity index (χ2n) is 8.23. The largest absolute Gasteiger partial charge is 0.354 e. The Morgan fingerprint density at radius 1 is 1.22 bits per heavy atom. The van der Waals surface area contributed by atoms with Crippen LogP contribution in [-0.4, -0.2) is 80.7 Å². The van der Waals surface area contributed by atoms with E-state index in [0.717, 1.165) is 50.5 Å². The number of likely N-dealkylation sites (N-methyl/N-ethyl adjacent to an activating group) is 2. The van der Waals surface area contributed by atoms with Crippen molar-refractivity contribution in [3.63, 3.8) is 0 Å². The summed E-state index contributed by atoms with van der Waals surface area (Å²) in [5.74, 6) is 1.56. The van der Waals surface area contributed by atoms with Crippen LogP contribution in [0, 0.1) is 5.92 Å². The molecule has 0 bridgehead atoms. The lowest BCUT2D eigenvalue weighted by Gasteiger charge is -2.33. The smallest absolute Gasteiger partial charge is 0.315 e. The van der Waals surface area contributed by atoms with Crippen LogP contribution in [0.2, 0.25) is 0 Å². The minimum atomic E-state index is -0.120. The zero-order valence-electron chi connectivity index (χ0n) is 17.5. The van der Waals surface area contributed by atoms with Gasteiger partial charge >= 0.3 is 6.03 Å². The fraction of sp³-hybridized carbons (Fsp3) is 0.700. The molecule has 1 atom stereocenters. The van der Waals surface area contributed by atoms with E-state index in [1.54, 1.807) is 0 Å². The quantitative estimate of drug-likeness (QED) is 0.722. The number of hydrogen-bond acceptors (Lipinski definition) is 5. The molecule has 27 heavy (non-hydrogen) atoms. The highest BCUT2D eigenvalue weighted by molar-refractivity contribution is 5.74. The minimum absolute atomic E-state index is 0.120. The average molecular weight is 377 g/mol. The van der Waals surface area contributed by atoms with Crippen molar-refractivity contribution in [2.24, 2.45) is 5.92 Å². The molecule has 0 radical (unpaired) electrons. The minimum Gasteiger partial charge on any atom is -0.354 e. The van der Waals surface area contributed by atoms with Gasteiger partial charge in [-0.15, -0.1) is 0 Å². The maximum Gasteiger partial charge on any atom is 0.315 e. The number of nitrogens with one attached hydrogen (secondary N) is 2. The molecule has 1 aromatic rings. The van der Waals surface area contributed by atoms with Gasteiger partial charge in [-0.3, -0.25) is 0 Å². The summed E-state index contributed by atoms with van der Waals surface area (Å²) < 4.78 is 0. The SMILES string of the molecule is CC(C)CC(CN(C)C)NC(=O)NCc1ccc(N2CCN(C)CC2)nc1. The van der Waals surface area contributed by atoms with Crippen LogP contribution < -0.4 is 15.5 Å². The first kappa shape index (κ1) is 21.4. The van der Waals surface area contributed by atoms with E-state index >= 15 is 0 Å². The third-order valence-corrected chi connectivity index (χ3v) is 4.77. The first-order valence-corrected chi connectivity index (χ1v) is 9.91. The maximum atomic E-state index is 12.3. The second-order valence-corrected chi connectivity index (χ2v) is 8.23. The fourth-order valence-electron chi connectivity index (χ4n) is 3.35. The normalized spacial score (nSPS) is 16.6. The number of pyridine rings is 1. The van der Waals surface area contributed by atoms with Crippen molar-refractivity contribution in [3.8, 4) is 0 Å². The van der Waals surface area contributed by atoms with Gasteiger partial charge in [-0.1, -0.05) is 19.9 Å². The number of carbonyl (C=O) groups excluding carboxylic acids is 1. The molecule has 1 aliphatic rings. The van der Waals surface area contributed by atoms with Gasteiger partial charge in [-0.25, -0.2) is 9.78 Å². The molecule has 7 heteroatoms. The van der Waals surface area contributed by atoms with Crippen molar-refractivity contribution in [3.05, 3.63) is 23.9 Å². The lowest BCUT2D eigenvalue weighted by Crippen LogP contribution is -2.46. The van der Waals surface area contributed by atoms with E-state index in [2.05, 4.69) is 51.2 Å². The van der Waals surface area contributed by atoms with E-state index in [-0.39, 0.29) is 12.1 Å². The Hall–Kier alpha value is -1.86. The molecule has 2 N–H and O–H groups in total. The lowest BCUT2D eigenvalue weighted by atomic mass is 10.0. The molecule has 7 nitrogen and oxygen atoms in total. The molecule has 152 valence electrons. The predicted octanol–water partition coefficient (Wildman–Crippen LogP) is 1.61. The highest BCUT2D eigenvalue weighted by Crippen LogP contribution is 2.13. The Kier molecular flexibility index (Phi) is 8.31. The van der Waals surface area contributed by atoms with Gasteiger partial charge in [0.05, 0.1) is 0 Å². The van der Waals surface area contributed by atoms with Crippen LogP contribution in [0.3, 0.4) is 0 Å². The molecule has 1 aliphatic heterocycles. The maximum absolute atomic E-state index is 12.3. The second kappa shape index (κ2) is 10.5. The number of rotatable bonds is 8. The van der Waals surface area contributed by atoms with Crippen LogP contribution >= 0.6 is 0 Å². The molecule has 0 spiro atoms. The third kappa shape index (κ3) is 7.72. The summed E-state index contributed by atoms with van der Waals surface area (Å²) >= 11 is 0. The third-order valence-electron chi connectivity index (χ3n) is 4.77. The van der Waals surface area contributed by atoms with Crippen molar-refractivity contribution in [1.29, 1.82) is 0 Å². The molecule has 2 rings (SSSR count). The number of piperazine rings is 1. The van der Waals surface area contributed by atoms with Crippen molar-refractivity contribution < 1.29 is 4.79 Å². The van der Waals surface area contributed by atoms with Crippen LogP contribution in [0.1, 0.15) is 25.8 Å². The van der Waals surface area contributed by atoms with E-state index < -0.39 is 0 Å².